The van der Waals surface area contributed by atoms with Crippen molar-refractivity contribution in [1.29, 1.82) is 0 Å². The van der Waals surface area contributed by atoms with Crippen LogP contribution in [-0.2, 0) is 4.74 Å². The Morgan fingerprint density at radius 3 is 1.45 bits per heavy atom. The van der Waals surface area contributed by atoms with Gasteiger partial charge in [0, 0.05) is 5.92 Å². The number of halogens is 15. The normalized spacial score (nSPS) is 26.1. The number of rotatable bonds is 8. The lowest BCUT2D eigenvalue weighted by Crippen LogP contribution is -2.63. The van der Waals surface area contributed by atoms with Crippen LogP contribution in [0.2, 0.25) is 0 Å². The van der Waals surface area contributed by atoms with Gasteiger partial charge >= 0.3 is 30.9 Å². The maximum Gasteiger partial charge on any atom is 0.426 e. The molecule has 2 aliphatic rings. The maximum atomic E-state index is 14.0. The second-order valence-corrected chi connectivity index (χ2v) is 9.86. The first-order valence-electron chi connectivity index (χ1n) is 10.7. The third-order valence-electron chi connectivity index (χ3n) is 6.88. The Labute approximate surface area is 204 Å². The molecule has 0 amide bonds. The Morgan fingerprint density at radius 2 is 1.13 bits per heavy atom. The van der Waals surface area contributed by atoms with Crippen LogP contribution in [0.3, 0.4) is 0 Å². The highest BCUT2D eigenvalue weighted by molar-refractivity contribution is 5.13. The van der Waals surface area contributed by atoms with E-state index in [1.54, 1.807) is 0 Å². The van der Waals surface area contributed by atoms with Crippen molar-refractivity contribution in [1.82, 2.24) is 0 Å². The van der Waals surface area contributed by atoms with Gasteiger partial charge in [-0.25, -0.2) is 0 Å². The monoisotopic (exact) mass is 594 g/mol. The molecule has 0 aromatic heterocycles. The fraction of sp³-hybridized carbons (Fsp3) is 0.900. The number of alkyl halides is 15. The van der Waals surface area contributed by atoms with Gasteiger partial charge in [-0.2, -0.15) is 65.9 Å². The quantitative estimate of drug-likeness (QED) is 0.241. The third kappa shape index (κ3) is 6.00. The molecule has 0 aromatic carbocycles. The van der Waals surface area contributed by atoms with E-state index in [1.807, 2.05) is 0 Å². The highest BCUT2D eigenvalue weighted by Gasteiger charge is 2.76. The SMILES string of the molecule is CC(O)(CC(CC(O)(C(F)(F)F)C(F)(F)F)CC(OC1CC2C=CC1C2)(C(F)(F)F)C(F)(F)F)C(F)(F)F. The van der Waals surface area contributed by atoms with E-state index in [1.165, 1.54) is 12.2 Å². The van der Waals surface area contributed by atoms with Crippen LogP contribution in [0.25, 0.3) is 0 Å². The Hall–Kier alpha value is -1.43. The number of fused-ring (bicyclic) bond motifs is 2. The van der Waals surface area contributed by atoms with Gasteiger partial charge in [-0.15, -0.1) is 0 Å². The molecule has 2 aliphatic carbocycles. The molecule has 2 N–H and O–H groups in total. The minimum Gasteiger partial charge on any atom is -0.381 e. The van der Waals surface area contributed by atoms with E-state index >= 15 is 0 Å². The zero-order chi connectivity index (χ0) is 30.0. The van der Waals surface area contributed by atoms with Crippen LogP contribution < -0.4 is 0 Å². The number of ether oxygens (including phenoxy) is 1. The van der Waals surface area contributed by atoms with Crippen molar-refractivity contribution in [2.45, 2.75) is 92.8 Å². The summed E-state index contributed by atoms with van der Waals surface area (Å²) in [7, 11) is 0. The summed E-state index contributed by atoms with van der Waals surface area (Å²) in [6, 6.07) is 0. The second-order valence-electron chi connectivity index (χ2n) is 9.86. The van der Waals surface area contributed by atoms with Crippen LogP contribution in [0.4, 0.5) is 65.9 Å². The van der Waals surface area contributed by atoms with Gasteiger partial charge in [0.2, 0.25) is 0 Å². The van der Waals surface area contributed by atoms with E-state index in [0.717, 1.165) is 0 Å². The molecule has 18 heteroatoms. The van der Waals surface area contributed by atoms with Crippen molar-refractivity contribution in [3.05, 3.63) is 12.2 Å². The first kappa shape index (κ1) is 32.8. The highest BCUT2D eigenvalue weighted by atomic mass is 19.4. The van der Waals surface area contributed by atoms with Gasteiger partial charge in [0.15, 0.2) is 5.60 Å². The molecule has 0 aliphatic heterocycles. The Morgan fingerprint density at radius 1 is 0.658 bits per heavy atom. The van der Waals surface area contributed by atoms with Crippen LogP contribution in [0, 0.1) is 17.8 Å². The summed E-state index contributed by atoms with van der Waals surface area (Å²) in [5.74, 6) is -5.10. The van der Waals surface area contributed by atoms with Crippen LogP contribution in [0.15, 0.2) is 12.2 Å². The fourth-order valence-corrected chi connectivity index (χ4v) is 4.81. The van der Waals surface area contributed by atoms with Gasteiger partial charge in [0.25, 0.3) is 11.2 Å². The average Bonchev–Trinajstić information content (AvgIpc) is 3.25. The standard InChI is InChI=1S/C20H21F15O3/c1-13(36,16(21,22)23)6-10(7-14(37,17(24,25)26)18(27,28)29)8-15(19(30,31)32,20(33,34)35)38-12-5-9-2-3-11(12)4-9/h2-3,9-12,36-37H,4-8H2,1H3. The molecule has 5 atom stereocenters. The lowest BCUT2D eigenvalue weighted by Gasteiger charge is -2.44. The molecular weight excluding hydrogens is 573 g/mol. The maximum absolute atomic E-state index is 14.0. The van der Waals surface area contributed by atoms with E-state index < -0.39 is 97.2 Å². The summed E-state index contributed by atoms with van der Waals surface area (Å²) in [6.45, 7) is -0.259. The molecule has 5 unspecified atom stereocenters. The largest absolute Gasteiger partial charge is 0.426 e. The molecule has 3 nitrogen and oxygen atoms in total. The Balaban J connectivity index is 2.67. The topological polar surface area (TPSA) is 49.7 Å². The van der Waals surface area contributed by atoms with Gasteiger partial charge in [-0.3, -0.25) is 0 Å². The lowest BCUT2D eigenvalue weighted by molar-refractivity contribution is -0.401. The van der Waals surface area contributed by atoms with E-state index in [0.29, 0.717) is 0 Å². The van der Waals surface area contributed by atoms with E-state index in [9.17, 15) is 76.1 Å². The Kier molecular flexibility index (Phi) is 8.27. The van der Waals surface area contributed by atoms with Crippen molar-refractivity contribution >= 4 is 0 Å². The third-order valence-corrected chi connectivity index (χ3v) is 6.88. The fourth-order valence-electron chi connectivity index (χ4n) is 4.81. The molecule has 0 saturated heterocycles. The minimum atomic E-state index is -6.79. The summed E-state index contributed by atoms with van der Waals surface area (Å²) >= 11 is 0. The van der Waals surface area contributed by atoms with E-state index in [-0.39, 0.29) is 13.3 Å². The van der Waals surface area contributed by atoms with Crippen molar-refractivity contribution in [3.8, 4) is 0 Å². The molecule has 38 heavy (non-hydrogen) atoms. The number of hydrogen-bond acceptors (Lipinski definition) is 3. The molecule has 1 fully saturated rings. The number of allylic oxidation sites excluding steroid dienone is 1. The van der Waals surface area contributed by atoms with Gasteiger partial charge in [0.05, 0.1) is 6.10 Å². The lowest BCUT2D eigenvalue weighted by atomic mass is 9.75. The molecule has 0 heterocycles. The second kappa shape index (κ2) is 9.59. The van der Waals surface area contributed by atoms with Crippen LogP contribution in [0.5, 0.6) is 0 Å². The first-order valence-corrected chi connectivity index (χ1v) is 10.7. The first-order chi connectivity index (χ1) is 16.6. The number of hydrogen-bond donors (Lipinski definition) is 2. The average molecular weight is 594 g/mol. The number of aliphatic hydroxyl groups is 2. The smallest absolute Gasteiger partial charge is 0.381 e. The van der Waals surface area contributed by atoms with Crippen molar-refractivity contribution in [2.24, 2.45) is 17.8 Å². The van der Waals surface area contributed by atoms with Gasteiger partial charge < -0.3 is 14.9 Å². The molecule has 2 bridgehead atoms. The van der Waals surface area contributed by atoms with Gasteiger partial charge in [-0.1, -0.05) is 12.2 Å². The molecule has 2 rings (SSSR count). The summed E-state index contributed by atoms with van der Waals surface area (Å²) in [5.41, 5.74) is -15.9. The van der Waals surface area contributed by atoms with Gasteiger partial charge in [-0.05, 0) is 50.9 Å². The zero-order valence-electron chi connectivity index (χ0n) is 19.0. The van der Waals surface area contributed by atoms with Crippen molar-refractivity contribution in [3.63, 3.8) is 0 Å². The molecule has 224 valence electrons. The van der Waals surface area contributed by atoms with Crippen LogP contribution >= 0.6 is 0 Å². The summed E-state index contributed by atoms with van der Waals surface area (Å²) in [5, 5.41) is 19.0. The van der Waals surface area contributed by atoms with Crippen LogP contribution in [0.1, 0.15) is 39.0 Å². The predicted molar refractivity (Wildman–Crippen MR) is 96.1 cm³/mol. The molecule has 0 spiro atoms. The molecule has 0 radical (unpaired) electrons. The minimum absolute atomic E-state index is 0.0323. The van der Waals surface area contributed by atoms with Crippen LogP contribution in [-0.4, -0.2) is 64.0 Å². The zero-order valence-corrected chi connectivity index (χ0v) is 19.0. The van der Waals surface area contributed by atoms with Crippen molar-refractivity contribution < 1.29 is 80.8 Å². The molecular formula is C20H21F15O3. The molecule has 0 aromatic rings. The molecule has 1 saturated carbocycles. The van der Waals surface area contributed by atoms with Crippen molar-refractivity contribution in [2.75, 3.05) is 0 Å². The summed E-state index contributed by atoms with van der Waals surface area (Å²) in [4.78, 5) is 0. The predicted octanol–water partition coefficient (Wildman–Crippen LogP) is 6.79. The van der Waals surface area contributed by atoms with Gasteiger partial charge in [0.1, 0.15) is 0 Å². The Bertz CT molecular complexity index is 835. The van der Waals surface area contributed by atoms with E-state index in [2.05, 4.69) is 4.74 Å². The van der Waals surface area contributed by atoms with E-state index in [4.69, 9.17) is 0 Å². The summed E-state index contributed by atoms with van der Waals surface area (Å²) < 4.78 is 207. The summed E-state index contributed by atoms with van der Waals surface area (Å²) in [6.07, 6.45) is -40.9. The highest BCUT2D eigenvalue weighted by Crippen LogP contribution is 2.56.